The van der Waals surface area contributed by atoms with E-state index in [0.29, 0.717) is 17.3 Å². The van der Waals surface area contributed by atoms with Gasteiger partial charge in [0, 0.05) is 20.0 Å². The Morgan fingerprint density at radius 1 is 1.47 bits per heavy atom. The van der Waals surface area contributed by atoms with Gasteiger partial charge in [0.1, 0.15) is 5.75 Å². The molecular formula is C11H16ClN3O2. The molecule has 0 atom stereocenters. The molecule has 0 radical (unpaired) electrons. The van der Waals surface area contributed by atoms with E-state index < -0.39 is 0 Å². The molecule has 0 aliphatic rings. The summed E-state index contributed by atoms with van der Waals surface area (Å²) in [5, 5.41) is 4.26. The number of para-hydroxylation sites is 1. The summed E-state index contributed by atoms with van der Waals surface area (Å²) in [6.07, 6.45) is 0. The number of hydrogen-bond acceptors (Lipinski definition) is 3. The minimum absolute atomic E-state index is 0.300. The van der Waals surface area contributed by atoms with Gasteiger partial charge in [-0.05, 0) is 11.6 Å². The quantitative estimate of drug-likeness (QED) is 0.641. The first-order chi connectivity index (χ1) is 8.08. The third kappa shape index (κ3) is 3.80. The first-order valence-corrected chi connectivity index (χ1v) is 5.58. The highest BCUT2D eigenvalue weighted by Crippen LogP contribution is 2.29. The Morgan fingerprint density at radius 3 is 2.71 bits per heavy atom. The molecule has 1 rings (SSSR count). The predicted molar refractivity (Wildman–Crippen MR) is 68.4 cm³/mol. The molecule has 0 fully saturated rings. The zero-order chi connectivity index (χ0) is 12.8. The van der Waals surface area contributed by atoms with Gasteiger partial charge in [-0.15, -0.1) is 11.6 Å². The van der Waals surface area contributed by atoms with Gasteiger partial charge in [-0.2, -0.15) is 0 Å². The maximum Gasteiger partial charge on any atom is 0.333 e. The molecule has 1 aromatic carbocycles. The van der Waals surface area contributed by atoms with Crippen LogP contribution < -0.4 is 15.5 Å². The van der Waals surface area contributed by atoms with E-state index in [4.69, 9.17) is 16.3 Å². The van der Waals surface area contributed by atoms with Crippen LogP contribution in [0.15, 0.2) is 18.2 Å². The van der Waals surface area contributed by atoms with E-state index in [9.17, 15) is 4.79 Å². The number of benzene rings is 1. The molecule has 0 aromatic heterocycles. The number of anilines is 1. The van der Waals surface area contributed by atoms with Crippen molar-refractivity contribution in [3.63, 3.8) is 0 Å². The zero-order valence-corrected chi connectivity index (χ0v) is 10.8. The molecule has 0 aliphatic carbocycles. The fourth-order valence-corrected chi connectivity index (χ4v) is 1.57. The standard InChI is InChI=1S/C11H16ClN3O2/c1-15(2)14-11(16)13-10-8(7-12)5-4-6-9(10)17-3/h4-6H,7H2,1-3H3,(H2,13,14,16). The largest absolute Gasteiger partial charge is 0.495 e. The van der Waals surface area contributed by atoms with Crippen molar-refractivity contribution in [1.82, 2.24) is 10.4 Å². The summed E-state index contributed by atoms with van der Waals surface area (Å²) in [6, 6.07) is 5.08. The summed E-state index contributed by atoms with van der Waals surface area (Å²) in [6.45, 7) is 0. The lowest BCUT2D eigenvalue weighted by Gasteiger charge is -2.16. The molecule has 0 saturated heterocycles. The SMILES string of the molecule is COc1cccc(CCl)c1NC(=O)NN(C)C. The molecule has 6 heteroatoms. The number of urea groups is 1. The smallest absolute Gasteiger partial charge is 0.333 e. The molecule has 17 heavy (non-hydrogen) atoms. The van der Waals surface area contributed by atoms with E-state index in [1.165, 1.54) is 0 Å². The molecule has 5 nitrogen and oxygen atoms in total. The molecule has 1 aromatic rings. The van der Waals surface area contributed by atoms with Crippen LogP contribution in [-0.2, 0) is 5.88 Å². The van der Waals surface area contributed by atoms with Crippen molar-refractivity contribution >= 4 is 23.3 Å². The number of nitrogens with zero attached hydrogens (tertiary/aromatic N) is 1. The van der Waals surface area contributed by atoms with E-state index in [0.717, 1.165) is 5.56 Å². The number of carbonyl (C=O) groups is 1. The summed E-state index contributed by atoms with van der Waals surface area (Å²) >= 11 is 5.81. The van der Waals surface area contributed by atoms with Crippen LogP contribution in [0.4, 0.5) is 10.5 Å². The molecule has 0 unspecified atom stereocenters. The number of hydrazine groups is 1. The van der Waals surface area contributed by atoms with Crippen molar-refractivity contribution < 1.29 is 9.53 Å². The molecular weight excluding hydrogens is 242 g/mol. The number of halogens is 1. The van der Waals surface area contributed by atoms with Gasteiger partial charge < -0.3 is 10.1 Å². The number of ether oxygens (including phenoxy) is 1. The summed E-state index contributed by atoms with van der Waals surface area (Å²) < 4.78 is 5.18. The molecule has 0 spiro atoms. The second kappa shape index (κ2) is 6.32. The summed E-state index contributed by atoms with van der Waals surface area (Å²) in [4.78, 5) is 11.6. The first kappa shape index (κ1) is 13.6. The molecule has 2 N–H and O–H groups in total. The maximum atomic E-state index is 11.6. The molecule has 0 aliphatic heterocycles. The van der Waals surface area contributed by atoms with Crippen LogP contribution in [0.1, 0.15) is 5.56 Å². The van der Waals surface area contributed by atoms with Gasteiger partial charge in [-0.3, -0.25) is 5.43 Å². The lowest BCUT2D eigenvalue weighted by atomic mass is 10.2. The van der Waals surface area contributed by atoms with Gasteiger partial charge in [-0.1, -0.05) is 12.1 Å². The zero-order valence-electron chi connectivity index (χ0n) is 10.1. The average Bonchev–Trinajstić information content (AvgIpc) is 2.28. The lowest BCUT2D eigenvalue weighted by molar-refractivity contribution is 0.224. The normalized spacial score (nSPS) is 10.2. The highest BCUT2D eigenvalue weighted by atomic mass is 35.5. The van der Waals surface area contributed by atoms with E-state index in [1.807, 2.05) is 12.1 Å². The van der Waals surface area contributed by atoms with Crippen molar-refractivity contribution in [3.8, 4) is 5.75 Å². The maximum absolute atomic E-state index is 11.6. The van der Waals surface area contributed by atoms with Gasteiger partial charge in [0.25, 0.3) is 0 Å². The first-order valence-electron chi connectivity index (χ1n) is 5.05. The molecule has 2 amide bonds. The average molecular weight is 258 g/mol. The fourth-order valence-electron chi connectivity index (χ4n) is 1.34. The summed E-state index contributed by atoms with van der Waals surface area (Å²) in [5.41, 5.74) is 3.97. The van der Waals surface area contributed by atoms with Gasteiger partial charge in [0.05, 0.1) is 12.8 Å². The number of amides is 2. The third-order valence-corrected chi connectivity index (χ3v) is 2.33. The van der Waals surface area contributed by atoms with Crippen molar-refractivity contribution in [2.24, 2.45) is 0 Å². The van der Waals surface area contributed by atoms with Gasteiger partial charge in [-0.25, -0.2) is 9.80 Å². The van der Waals surface area contributed by atoms with Crippen molar-refractivity contribution in [3.05, 3.63) is 23.8 Å². The second-order valence-electron chi connectivity index (χ2n) is 3.59. The Kier molecular flexibility index (Phi) is 5.06. The number of rotatable bonds is 4. The Bertz CT molecular complexity index is 374. The van der Waals surface area contributed by atoms with Crippen molar-refractivity contribution in [1.29, 1.82) is 0 Å². The summed E-state index contributed by atoms with van der Waals surface area (Å²) in [5.74, 6) is 0.881. The topological polar surface area (TPSA) is 53.6 Å². The van der Waals surface area contributed by atoms with Crippen LogP contribution in [0.5, 0.6) is 5.75 Å². The van der Waals surface area contributed by atoms with Crippen LogP contribution in [0.25, 0.3) is 0 Å². The summed E-state index contributed by atoms with van der Waals surface area (Å²) in [7, 11) is 5.00. The van der Waals surface area contributed by atoms with Crippen molar-refractivity contribution in [2.75, 3.05) is 26.5 Å². The number of carbonyl (C=O) groups excluding carboxylic acids is 1. The van der Waals surface area contributed by atoms with Gasteiger partial charge in [0.2, 0.25) is 0 Å². The Morgan fingerprint density at radius 2 is 2.18 bits per heavy atom. The van der Waals surface area contributed by atoms with Crippen molar-refractivity contribution in [2.45, 2.75) is 5.88 Å². The third-order valence-electron chi connectivity index (χ3n) is 2.04. The Hall–Kier alpha value is -1.46. The molecule has 94 valence electrons. The highest BCUT2D eigenvalue weighted by molar-refractivity contribution is 6.17. The molecule has 0 saturated carbocycles. The molecule has 0 heterocycles. The minimum Gasteiger partial charge on any atom is -0.495 e. The molecule has 0 bridgehead atoms. The Balaban J connectivity index is 2.91. The predicted octanol–water partition coefficient (Wildman–Crippen LogP) is 2.03. The van der Waals surface area contributed by atoms with Crippen LogP contribution >= 0.6 is 11.6 Å². The number of hydrogen-bond donors (Lipinski definition) is 2. The highest BCUT2D eigenvalue weighted by Gasteiger charge is 2.11. The minimum atomic E-state index is -0.342. The van der Waals surface area contributed by atoms with E-state index >= 15 is 0 Å². The van der Waals surface area contributed by atoms with E-state index in [1.54, 1.807) is 32.3 Å². The fraction of sp³-hybridized carbons (Fsp3) is 0.364. The number of alkyl halides is 1. The van der Waals surface area contributed by atoms with Crippen LogP contribution in [0, 0.1) is 0 Å². The Labute approximate surface area is 106 Å². The second-order valence-corrected chi connectivity index (χ2v) is 3.86. The number of methoxy groups -OCH3 is 1. The van der Waals surface area contributed by atoms with Crippen LogP contribution in [0.3, 0.4) is 0 Å². The monoisotopic (exact) mass is 257 g/mol. The van der Waals surface area contributed by atoms with E-state index in [-0.39, 0.29) is 6.03 Å². The van der Waals surface area contributed by atoms with Gasteiger partial charge in [0.15, 0.2) is 0 Å². The lowest BCUT2D eigenvalue weighted by Crippen LogP contribution is -2.39. The van der Waals surface area contributed by atoms with Gasteiger partial charge >= 0.3 is 6.03 Å². The van der Waals surface area contributed by atoms with E-state index in [2.05, 4.69) is 10.7 Å². The van der Waals surface area contributed by atoms with Crippen LogP contribution in [-0.4, -0.2) is 32.2 Å². The van der Waals surface area contributed by atoms with Crippen LogP contribution in [0.2, 0.25) is 0 Å². The number of nitrogens with one attached hydrogen (secondary N) is 2.